The van der Waals surface area contributed by atoms with Crippen LogP contribution in [0.5, 0.6) is 0 Å². The molecule has 0 saturated carbocycles. The van der Waals surface area contributed by atoms with Gasteiger partial charge in [0.15, 0.2) is 0 Å². The Labute approximate surface area is 116 Å². The predicted molar refractivity (Wildman–Crippen MR) is 82.2 cm³/mol. The van der Waals surface area contributed by atoms with Crippen LogP contribution in [0.2, 0.25) is 0 Å². The first-order valence-corrected chi connectivity index (χ1v) is 8.02. The number of hydrogen-bond donors (Lipinski definition) is 1. The number of nitrogens with one attached hydrogen (secondary N) is 1. The van der Waals surface area contributed by atoms with Crippen LogP contribution in [0.25, 0.3) is 0 Å². The summed E-state index contributed by atoms with van der Waals surface area (Å²) in [4.78, 5) is 0. The highest BCUT2D eigenvalue weighted by atomic mass is 32.2. The summed E-state index contributed by atoms with van der Waals surface area (Å²) in [6, 6.07) is 9.99. The molecule has 1 aliphatic heterocycles. The predicted octanol–water partition coefficient (Wildman–Crippen LogP) is 4.18. The SMILES string of the molecule is Cc1ccc([C@H](C)NC2CSCC(C)(C)C2)cc1. The Bertz CT molecular complexity index is 383. The molecule has 1 unspecified atom stereocenters. The van der Waals surface area contributed by atoms with Gasteiger partial charge < -0.3 is 5.32 Å². The van der Waals surface area contributed by atoms with Crippen LogP contribution in [-0.4, -0.2) is 17.5 Å². The molecule has 1 saturated heterocycles. The second-order valence-corrected chi connectivity index (χ2v) is 7.41. The van der Waals surface area contributed by atoms with Crippen molar-refractivity contribution in [1.82, 2.24) is 5.32 Å². The van der Waals surface area contributed by atoms with E-state index in [1.807, 2.05) is 0 Å². The highest BCUT2D eigenvalue weighted by molar-refractivity contribution is 7.99. The minimum atomic E-state index is 0.449. The van der Waals surface area contributed by atoms with Gasteiger partial charge in [-0.3, -0.25) is 0 Å². The molecule has 100 valence electrons. The first-order valence-electron chi connectivity index (χ1n) is 6.87. The lowest BCUT2D eigenvalue weighted by atomic mass is 9.87. The molecule has 1 nitrogen and oxygen atoms in total. The minimum Gasteiger partial charge on any atom is -0.307 e. The van der Waals surface area contributed by atoms with E-state index in [2.05, 4.69) is 69.0 Å². The molecule has 18 heavy (non-hydrogen) atoms. The van der Waals surface area contributed by atoms with E-state index in [-0.39, 0.29) is 0 Å². The lowest BCUT2D eigenvalue weighted by Crippen LogP contribution is -2.41. The maximum atomic E-state index is 3.79. The maximum Gasteiger partial charge on any atom is 0.0294 e. The van der Waals surface area contributed by atoms with Gasteiger partial charge in [0.05, 0.1) is 0 Å². The monoisotopic (exact) mass is 263 g/mol. The van der Waals surface area contributed by atoms with Crippen molar-refractivity contribution < 1.29 is 0 Å². The Hall–Kier alpha value is -0.470. The summed E-state index contributed by atoms with van der Waals surface area (Å²) in [5.41, 5.74) is 3.21. The van der Waals surface area contributed by atoms with E-state index in [0.717, 1.165) is 0 Å². The molecule has 1 heterocycles. The van der Waals surface area contributed by atoms with Gasteiger partial charge in [-0.1, -0.05) is 43.7 Å². The fraction of sp³-hybridized carbons (Fsp3) is 0.625. The molecule has 0 radical (unpaired) electrons. The smallest absolute Gasteiger partial charge is 0.0294 e. The molecular formula is C16H25NS. The Balaban J connectivity index is 1.94. The fourth-order valence-corrected chi connectivity index (χ4v) is 3.96. The average molecular weight is 263 g/mol. The third-order valence-electron chi connectivity index (χ3n) is 3.67. The average Bonchev–Trinajstić information content (AvgIpc) is 2.28. The van der Waals surface area contributed by atoms with E-state index >= 15 is 0 Å². The van der Waals surface area contributed by atoms with Crippen LogP contribution >= 0.6 is 11.8 Å². The first kappa shape index (κ1) is 14.0. The third-order valence-corrected chi connectivity index (χ3v) is 5.30. The third kappa shape index (κ3) is 3.76. The van der Waals surface area contributed by atoms with Crippen molar-refractivity contribution in [3.63, 3.8) is 0 Å². The van der Waals surface area contributed by atoms with Gasteiger partial charge >= 0.3 is 0 Å². The van der Waals surface area contributed by atoms with Crippen molar-refractivity contribution in [3.8, 4) is 0 Å². The zero-order chi connectivity index (χ0) is 13.2. The minimum absolute atomic E-state index is 0.449. The van der Waals surface area contributed by atoms with Crippen LogP contribution in [-0.2, 0) is 0 Å². The second-order valence-electron chi connectivity index (χ2n) is 6.38. The summed E-state index contributed by atoms with van der Waals surface area (Å²) in [6.45, 7) is 9.17. The van der Waals surface area contributed by atoms with Gasteiger partial charge in [-0.05, 0) is 37.0 Å². The van der Waals surface area contributed by atoms with Crippen LogP contribution in [0.15, 0.2) is 24.3 Å². The molecule has 2 heteroatoms. The Morgan fingerprint density at radius 2 is 1.94 bits per heavy atom. The van der Waals surface area contributed by atoms with Crippen LogP contribution in [0.4, 0.5) is 0 Å². The lowest BCUT2D eigenvalue weighted by Gasteiger charge is -2.36. The van der Waals surface area contributed by atoms with Gasteiger partial charge in [0.2, 0.25) is 0 Å². The van der Waals surface area contributed by atoms with Crippen LogP contribution in [0.1, 0.15) is 44.4 Å². The maximum absolute atomic E-state index is 3.79. The van der Waals surface area contributed by atoms with E-state index in [0.29, 0.717) is 17.5 Å². The van der Waals surface area contributed by atoms with Crippen molar-refractivity contribution in [2.75, 3.05) is 11.5 Å². The molecule has 1 fully saturated rings. The normalized spacial score (nSPS) is 24.8. The Morgan fingerprint density at radius 3 is 2.56 bits per heavy atom. The number of hydrogen-bond acceptors (Lipinski definition) is 2. The summed E-state index contributed by atoms with van der Waals surface area (Å²) in [5.74, 6) is 2.55. The number of rotatable bonds is 3. The molecule has 1 aromatic carbocycles. The van der Waals surface area contributed by atoms with Crippen LogP contribution in [0, 0.1) is 12.3 Å². The van der Waals surface area contributed by atoms with E-state index in [1.165, 1.54) is 29.1 Å². The summed E-state index contributed by atoms with van der Waals surface area (Å²) >= 11 is 2.09. The number of thioether (sulfide) groups is 1. The molecule has 0 amide bonds. The van der Waals surface area contributed by atoms with Crippen molar-refractivity contribution in [1.29, 1.82) is 0 Å². The zero-order valence-corrected chi connectivity index (χ0v) is 12.8. The molecule has 2 rings (SSSR count). The Morgan fingerprint density at radius 1 is 1.28 bits per heavy atom. The highest BCUT2D eigenvalue weighted by Crippen LogP contribution is 2.34. The van der Waals surface area contributed by atoms with Crippen molar-refractivity contribution in [2.45, 2.75) is 46.2 Å². The topological polar surface area (TPSA) is 12.0 Å². The van der Waals surface area contributed by atoms with Gasteiger partial charge in [0, 0.05) is 17.8 Å². The molecule has 0 aromatic heterocycles. The number of benzene rings is 1. The van der Waals surface area contributed by atoms with Crippen molar-refractivity contribution >= 4 is 11.8 Å². The van der Waals surface area contributed by atoms with E-state index < -0.39 is 0 Å². The van der Waals surface area contributed by atoms with E-state index in [9.17, 15) is 0 Å². The van der Waals surface area contributed by atoms with E-state index in [4.69, 9.17) is 0 Å². The number of aryl methyl sites for hydroxylation is 1. The zero-order valence-electron chi connectivity index (χ0n) is 12.0. The summed E-state index contributed by atoms with van der Waals surface area (Å²) in [5, 5.41) is 3.79. The van der Waals surface area contributed by atoms with Gasteiger partial charge in [0.1, 0.15) is 0 Å². The van der Waals surface area contributed by atoms with Gasteiger partial charge in [-0.25, -0.2) is 0 Å². The fourth-order valence-electron chi connectivity index (χ4n) is 2.67. The quantitative estimate of drug-likeness (QED) is 0.878. The lowest BCUT2D eigenvalue weighted by molar-refractivity contribution is 0.305. The molecule has 1 N–H and O–H groups in total. The second kappa shape index (κ2) is 5.66. The molecule has 2 atom stereocenters. The molecule has 1 aromatic rings. The first-order chi connectivity index (χ1) is 8.46. The van der Waals surface area contributed by atoms with Gasteiger partial charge in [0.25, 0.3) is 0 Å². The molecule has 0 spiro atoms. The molecular weight excluding hydrogens is 238 g/mol. The highest BCUT2D eigenvalue weighted by Gasteiger charge is 2.29. The van der Waals surface area contributed by atoms with Crippen LogP contribution in [0.3, 0.4) is 0 Å². The van der Waals surface area contributed by atoms with Gasteiger partial charge in [-0.15, -0.1) is 0 Å². The summed E-state index contributed by atoms with van der Waals surface area (Å²) in [7, 11) is 0. The van der Waals surface area contributed by atoms with Crippen LogP contribution < -0.4 is 5.32 Å². The van der Waals surface area contributed by atoms with E-state index in [1.54, 1.807) is 0 Å². The summed E-state index contributed by atoms with van der Waals surface area (Å²) < 4.78 is 0. The molecule has 1 aliphatic rings. The van der Waals surface area contributed by atoms with Crippen molar-refractivity contribution in [2.24, 2.45) is 5.41 Å². The Kier molecular flexibility index (Phi) is 4.39. The standard InChI is InChI=1S/C16H25NS/c1-12-5-7-14(8-6-12)13(2)17-15-9-16(3,4)11-18-10-15/h5-8,13,15,17H,9-11H2,1-4H3/t13-,15?/m0/s1. The van der Waals surface area contributed by atoms with Gasteiger partial charge in [-0.2, -0.15) is 11.8 Å². The molecule has 0 bridgehead atoms. The summed E-state index contributed by atoms with van der Waals surface area (Å²) in [6.07, 6.45) is 1.29. The largest absolute Gasteiger partial charge is 0.307 e. The molecule has 0 aliphatic carbocycles. The van der Waals surface area contributed by atoms with Crippen molar-refractivity contribution in [3.05, 3.63) is 35.4 Å².